The number of rotatable bonds is 4. The summed E-state index contributed by atoms with van der Waals surface area (Å²) in [6, 6.07) is 6.08. The number of hydrogen-bond acceptors (Lipinski definition) is 5. The zero-order chi connectivity index (χ0) is 21.3. The summed E-state index contributed by atoms with van der Waals surface area (Å²) in [4.78, 5) is 31.5. The highest BCUT2D eigenvalue weighted by molar-refractivity contribution is 5.82. The van der Waals surface area contributed by atoms with Gasteiger partial charge in [0.05, 0.1) is 6.54 Å². The molecule has 1 atom stereocenters. The van der Waals surface area contributed by atoms with Crippen molar-refractivity contribution in [3.8, 4) is 0 Å². The zero-order valence-electron chi connectivity index (χ0n) is 18.4. The first-order valence-corrected chi connectivity index (χ1v) is 11.2. The van der Waals surface area contributed by atoms with Gasteiger partial charge < -0.3 is 9.32 Å². The molecular formula is C24H33N3O3. The molecule has 0 N–H and O–H groups in total. The smallest absolute Gasteiger partial charge is 0.336 e. The molecule has 2 aliphatic heterocycles. The van der Waals surface area contributed by atoms with Crippen molar-refractivity contribution in [3.63, 3.8) is 0 Å². The highest BCUT2D eigenvalue weighted by Gasteiger charge is 2.26. The van der Waals surface area contributed by atoms with E-state index in [1.54, 1.807) is 6.07 Å². The van der Waals surface area contributed by atoms with Crippen molar-refractivity contribution in [2.24, 2.45) is 0 Å². The van der Waals surface area contributed by atoms with Crippen molar-refractivity contribution in [3.05, 3.63) is 45.3 Å². The van der Waals surface area contributed by atoms with Crippen molar-refractivity contribution in [1.82, 2.24) is 14.7 Å². The van der Waals surface area contributed by atoms with Crippen LogP contribution in [0, 0.1) is 13.8 Å². The van der Waals surface area contributed by atoms with Gasteiger partial charge in [-0.2, -0.15) is 0 Å². The van der Waals surface area contributed by atoms with Crippen molar-refractivity contribution in [2.75, 3.05) is 39.3 Å². The van der Waals surface area contributed by atoms with Crippen LogP contribution in [0.1, 0.15) is 42.9 Å². The number of nitrogens with zero attached hydrogens (tertiary/aromatic N) is 3. The average molecular weight is 412 g/mol. The molecule has 30 heavy (non-hydrogen) atoms. The lowest BCUT2D eigenvalue weighted by atomic mass is 10.0. The Morgan fingerprint density at radius 3 is 2.43 bits per heavy atom. The number of benzene rings is 1. The summed E-state index contributed by atoms with van der Waals surface area (Å²) < 4.78 is 5.43. The summed E-state index contributed by atoms with van der Waals surface area (Å²) in [5, 5.41) is 1.02. The van der Waals surface area contributed by atoms with Crippen molar-refractivity contribution >= 4 is 16.9 Å². The third-order valence-corrected chi connectivity index (χ3v) is 6.79. The van der Waals surface area contributed by atoms with Crippen LogP contribution in [0.25, 0.3) is 11.0 Å². The minimum atomic E-state index is -0.291. The van der Waals surface area contributed by atoms with Gasteiger partial charge in [-0.3, -0.25) is 14.6 Å². The van der Waals surface area contributed by atoms with Crippen molar-refractivity contribution < 1.29 is 9.21 Å². The van der Waals surface area contributed by atoms with E-state index in [1.807, 2.05) is 13.0 Å². The molecule has 1 aromatic carbocycles. The quantitative estimate of drug-likeness (QED) is 0.724. The fourth-order valence-electron chi connectivity index (χ4n) is 4.71. The first-order chi connectivity index (χ1) is 14.4. The number of fused-ring (bicyclic) bond motifs is 1. The van der Waals surface area contributed by atoms with Crippen LogP contribution in [0.15, 0.2) is 27.4 Å². The fourth-order valence-corrected chi connectivity index (χ4v) is 4.71. The molecular weight excluding hydrogens is 378 g/mol. The standard InChI is InChI=1S/C24H33N3O3/c1-17-12-21-20(14-24(29)30-22(21)13-18(17)2)15-25-8-10-26(11-9-25)16-23(28)27-7-5-4-6-19(27)3/h12-14,19H,4-11,15-16H2,1-3H3. The molecule has 0 bridgehead atoms. The van der Waals surface area contributed by atoms with Gasteiger partial charge in [-0.15, -0.1) is 0 Å². The van der Waals surface area contributed by atoms with Gasteiger partial charge in [-0.1, -0.05) is 0 Å². The lowest BCUT2D eigenvalue weighted by molar-refractivity contribution is -0.136. The maximum absolute atomic E-state index is 12.7. The van der Waals surface area contributed by atoms with Gasteiger partial charge in [-0.05, 0) is 68.9 Å². The van der Waals surface area contributed by atoms with Crippen LogP contribution >= 0.6 is 0 Å². The number of amides is 1. The molecule has 2 fully saturated rings. The second-order valence-electron chi connectivity index (χ2n) is 9.01. The van der Waals surface area contributed by atoms with E-state index in [-0.39, 0.29) is 11.5 Å². The molecule has 1 unspecified atom stereocenters. The molecule has 162 valence electrons. The van der Waals surface area contributed by atoms with E-state index in [1.165, 1.54) is 12.0 Å². The van der Waals surface area contributed by atoms with Crippen LogP contribution < -0.4 is 5.63 Å². The second-order valence-corrected chi connectivity index (χ2v) is 9.01. The van der Waals surface area contributed by atoms with Gasteiger partial charge in [0, 0.05) is 56.8 Å². The third kappa shape index (κ3) is 4.60. The van der Waals surface area contributed by atoms with Crippen molar-refractivity contribution in [1.29, 1.82) is 0 Å². The fraction of sp³-hybridized carbons (Fsp3) is 0.583. The Balaban J connectivity index is 1.38. The molecule has 1 aromatic heterocycles. The Morgan fingerprint density at radius 1 is 1.00 bits per heavy atom. The lowest BCUT2D eigenvalue weighted by Crippen LogP contribution is -2.51. The topological polar surface area (TPSA) is 57.0 Å². The number of carbonyl (C=O) groups excluding carboxylic acids is 1. The highest BCUT2D eigenvalue weighted by Crippen LogP contribution is 2.23. The zero-order valence-corrected chi connectivity index (χ0v) is 18.4. The van der Waals surface area contributed by atoms with E-state index < -0.39 is 0 Å². The van der Waals surface area contributed by atoms with E-state index >= 15 is 0 Å². The van der Waals surface area contributed by atoms with E-state index in [0.717, 1.165) is 68.6 Å². The van der Waals surface area contributed by atoms with Crippen LogP contribution in [0.4, 0.5) is 0 Å². The number of hydrogen-bond donors (Lipinski definition) is 0. The number of carbonyl (C=O) groups is 1. The number of likely N-dealkylation sites (tertiary alicyclic amines) is 1. The number of piperidine rings is 1. The predicted octanol–water partition coefficient (Wildman–Crippen LogP) is 2.93. The van der Waals surface area contributed by atoms with Crippen LogP contribution in [-0.4, -0.2) is 65.9 Å². The van der Waals surface area contributed by atoms with Gasteiger partial charge >= 0.3 is 5.63 Å². The molecule has 2 aliphatic rings. The predicted molar refractivity (Wildman–Crippen MR) is 119 cm³/mol. The van der Waals surface area contributed by atoms with E-state index in [4.69, 9.17) is 4.42 Å². The third-order valence-electron chi connectivity index (χ3n) is 6.79. The first-order valence-electron chi connectivity index (χ1n) is 11.2. The maximum atomic E-state index is 12.7. The van der Waals surface area contributed by atoms with Gasteiger partial charge in [-0.25, -0.2) is 4.79 Å². The number of piperazine rings is 1. The van der Waals surface area contributed by atoms with Crippen LogP contribution in [0.3, 0.4) is 0 Å². The number of aryl methyl sites for hydroxylation is 2. The summed E-state index contributed by atoms with van der Waals surface area (Å²) in [6.45, 7) is 12.0. The first kappa shape index (κ1) is 21.1. The average Bonchev–Trinajstić information content (AvgIpc) is 2.71. The van der Waals surface area contributed by atoms with Crippen LogP contribution in [-0.2, 0) is 11.3 Å². The molecule has 6 nitrogen and oxygen atoms in total. The van der Waals surface area contributed by atoms with Gasteiger partial charge in [0.15, 0.2) is 0 Å². The molecule has 1 amide bonds. The molecule has 0 radical (unpaired) electrons. The highest BCUT2D eigenvalue weighted by atomic mass is 16.4. The molecule has 6 heteroatoms. The summed E-state index contributed by atoms with van der Waals surface area (Å²) in [6.07, 6.45) is 3.48. The molecule has 0 spiro atoms. The molecule has 4 rings (SSSR count). The summed E-state index contributed by atoms with van der Waals surface area (Å²) in [5.41, 5.74) is 3.73. The molecule has 0 aliphatic carbocycles. The second kappa shape index (κ2) is 8.90. The largest absolute Gasteiger partial charge is 0.423 e. The Kier molecular flexibility index (Phi) is 6.25. The normalized spacial score (nSPS) is 21.3. The van der Waals surface area contributed by atoms with Crippen LogP contribution in [0.2, 0.25) is 0 Å². The Hall–Kier alpha value is -2.18. The Bertz CT molecular complexity index is 976. The lowest BCUT2D eigenvalue weighted by Gasteiger charge is -2.38. The molecule has 2 aromatic rings. The minimum Gasteiger partial charge on any atom is -0.423 e. The van der Waals surface area contributed by atoms with Crippen LogP contribution in [0.5, 0.6) is 0 Å². The monoisotopic (exact) mass is 411 g/mol. The van der Waals surface area contributed by atoms with Crippen molar-refractivity contribution in [2.45, 2.75) is 52.6 Å². The summed E-state index contributed by atoms with van der Waals surface area (Å²) in [7, 11) is 0. The SMILES string of the molecule is Cc1cc2oc(=O)cc(CN3CCN(CC(=O)N4CCCCC4C)CC3)c2cc1C. The maximum Gasteiger partial charge on any atom is 0.336 e. The Labute approximate surface area is 178 Å². The van der Waals surface area contributed by atoms with E-state index in [2.05, 4.69) is 34.6 Å². The van der Waals surface area contributed by atoms with E-state index in [0.29, 0.717) is 18.2 Å². The van der Waals surface area contributed by atoms with Gasteiger partial charge in [0.25, 0.3) is 0 Å². The van der Waals surface area contributed by atoms with Gasteiger partial charge in [0.2, 0.25) is 5.91 Å². The molecule has 2 saturated heterocycles. The van der Waals surface area contributed by atoms with Gasteiger partial charge in [0.1, 0.15) is 5.58 Å². The summed E-state index contributed by atoms with van der Waals surface area (Å²) >= 11 is 0. The minimum absolute atomic E-state index is 0.271. The molecule has 3 heterocycles. The Morgan fingerprint density at radius 2 is 1.70 bits per heavy atom. The molecule has 0 saturated carbocycles. The summed E-state index contributed by atoms with van der Waals surface area (Å²) in [5.74, 6) is 0.271. The van der Waals surface area contributed by atoms with E-state index in [9.17, 15) is 9.59 Å².